The van der Waals surface area contributed by atoms with Crippen molar-refractivity contribution in [3.63, 3.8) is 0 Å². The number of rotatable bonds is 3. The van der Waals surface area contributed by atoms with E-state index in [0.29, 0.717) is 0 Å². The summed E-state index contributed by atoms with van der Waals surface area (Å²) in [5.41, 5.74) is 0.953. The normalized spacial score (nSPS) is 13.0. The van der Waals surface area contributed by atoms with Gasteiger partial charge in [0.25, 0.3) is 0 Å². The summed E-state index contributed by atoms with van der Waals surface area (Å²) in [7, 11) is 1.84. The maximum Gasteiger partial charge on any atom is 0.176 e. The molecule has 1 aromatic carbocycles. The third-order valence-corrected chi connectivity index (χ3v) is 3.45. The summed E-state index contributed by atoms with van der Waals surface area (Å²) >= 11 is -0.909. The summed E-state index contributed by atoms with van der Waals surface area (Å²) in [6.07, 6.45) is 0. The maximum absolute atomic E-state index is 11.8. The Kier molecular flexibility index (Phi) is 3.63. The molecular weight excluding hydrogens is 182 g/mol. The second-order valence-electron chi connectivity index (χ2n) is 3.09. The summed E-state index contributed by atoms with van der Waals surface area (Å²) in [5, 5.41) is 3.20. The van der Waals surface area contributed by atoms with E-state index in [4.69, 9.17) is 0 Å². The summed E-state index contributed by atoms with van der Waals surface area (Å²) in [6.45, 7) is 3.92. The molecule has 1 N–H and O–H groups in total. The second kappa shape index (κ2) is 4.53. The van der Waals surface area contributed by atoms with Gasteiger partial charge in [-0.3, -0.25) is 0 Å². The molecule has 72 valence electrons. The molecule has 0 bridgehead atoms. The average Bonchev–Trinajstić information content (AvgIpc) is 2.16. The van der Waals surface area contributed by atoms with Crippen LogP contribution in [0.5, 0.6) is 0 Å². The van der Waals surface area contributed by atoms with Crippen LogP contribution in [0, 0.1) is 0 Å². The highest BCUT2D eigenvalue weighted by Gasteiger charge is 2.18. The zero-order chi connectivity index (χ0) is 9.84. The Bertz CT molecular complexity index is 275. The molecule has 1 atom stereocenters. The van der Waals surface area contributed by atoms with Crippen molar-refractivity contribution in [1.82, 2.24) is 0 Å². The highest BCUT2D eigenvalue weighted by molar-refractivity contribution is 7.92. The van der Waals surface area contributed by atoms with Crippen LogP contribution in [0.1, 0.15) is 13.8 Å². The third-order valence-electron chi connectivity index (χ3n) is 1.80. The van der Waals surface area contributed by atoms with Crippen LogP contribution in [0.3, 0.4) is 0 Å². The van der Waals surface area contributed by atoms with E-state index in [1.165, 1.54) is 0 Å². The van der Waals surface area contributed by atoms with Crippen LogP contribution in [0.2, 0.25) is 0 Å². The number of para-hydroxylation sites is 1. The molecule has 0 aliphatic carbocycles. The number of hydrogen-bond donors (Lipinski definition) is 1. The Morgan fingerprint density at radius 2 is 1.92 bits per heavy atom. The topological polar surface area (TPSA) is 35.1 Å². The fourth-order valence-corrected chi connectivity index (χ4v) is 2.21. The first-order chi connectivity index (χ1) is 6.16. The molecule has 3 heteroatoms. The molecule has 0 radical (unpaired) electrons. The fraction of sp³-hybridized carbons (Fsp3) is 0.400. The molecule has 0 saturated heterocycles. The summed E-state index contributed by atoms with van der Waals surface area (Å²) < 4.78 is 11.8. The summed E-state index contributed by atoms with van der Waals surface area (Å²) in [4.78, 5) is 0.889. The minimum Gasteiger partial charge on any atom is -0.611 e. The monoisotopic (exact) mass is 197 g/mol. The van der Waals surface area contributed by atoms with Gasteiger partial charge >= 0.3 is 0 Å². The highest BCUT2D eigenvalue weighted by Crippen LogP contribution is 2.23. The predicted octanol–water partition coefficient (Wildman–Crippen LogP) is 2.24. The standard InChI is InChI=1S/C10H15NOS/c1-8(2)13(12)10-7-5-4-6-9(10)11-3/h4-8,11H,1-3H3. The first-order valence-electron chi connectivity index (χ1n) is 4.34. The van der Waals surface area contributed by atoms with Gasteiger partial charge in [-0.05, 0) is 37.2 Å². The van der Waals surface area contributed by atoms with Crippen LogP contribution < -0.4 is 5.32 Å². The summed E-state index contributed by atoms with van der Waals surface area (Å²) in [6, 6.07) is 7.70. The van der Waals surface area contributed by atoms with Gasteiger partial charge in [-0.1, -0.05) is 12.1 Å². The molecular formula is C10H15NOS. The Morgan fingerprint density at radius 3 is 2.46 bits per heavy atom. The molecule has 0 aliphatic heterocycles. The number of anilines is 1. The van der Waals surface area contributed by atoms with Gasteiger partial charge in [0, 0.05) is 7.05 Å². The van der Waals surface area contributed by atoms with Crippen molar-refractivity contribution in [1.29, 1.82) is 0 Å². The number of benzene rings is 1. The Balaban J connectivity index is 2.98. The first kappa shape index (κ1) is 10.4. The third kappa shape index (κ3) is 2.39. The molecule has 0 fully saturated rings. The minimum atomic E-state index is -0.909. The average molecular weight is 197 g/mol. The lowest BCUT2D eigenvalue weighted by Gasteiger charge is -2.16. The van der Waals surface area contributed by atoms with Gasteiger partial charge in [0.05, 0.1) is 5.69 Å². The van der Waals surface area contributed by atoms with Crippen LogP contribution in [0.4, 0.5) is 5.69 Å². The lowest BCUT2D eigenvalue weighted by Crippen LogP contribution is -2.15. The smallest absolute Gasteiger partial charge is 0.176 e. The molecule has 0 saturated carbocycles. The van der Waals surface area contributed by atoms with Gasteiger partial charge in [0.1, 0.15) is 5.25 Å². The molecule has 0 aromatic heterocycles. The molecule has 1 rings (SSSR count). The zero-order valence-corrected chi connectivity index (χ0v) is 9.02. The molecule has 0 spiro atoms. The van der Waals surface area contributed by atoms with Gasteiger partial charge < -0.3 is 9.87 Å². The van der Waals surface area contributed by atoms with E-state index in [9.17, 15) is 4.55 Å². The molecule has 0 amide bonds. The largest absolute Gasteiger partial charge is 0.611 e. The van der Waals surface area contributed by atoms with Crippen molar-refractivity contribution in [2.45, 2.75) is 24.0 Å². The lowest BCUT2D eigenvalue weighted by atomic mass is 10.3. The van der Waals surface area contributed by atoms with Crippen LogP contribution in [-0.4, -0.2) is 16.9 Å². The van der Waals surface area contributed by atoms with E-state index in [1.54, 1.807) is 0 Å². The SMILES string of the molecule is CNc1ccccc1[S+]([O-])C(C)C. The fourth-order valence-electron chi connectivity index (χ4n) is 1.10. The quantitative estimate of drug-likeness (QED) is 0.754. The van der Waals surface area contributed by atoms with Crippen molar-refractivity contribution < 1.29 is 4.55 Å². The van der Waals surface area contributed by atoms with Gasteiger partial charge in [-0.15, -0.1) is 0 Å². The van der Waals surface area contributed by atoms with E-state index in [2.05, 4.69) is 5.32 Å². The van der Waals surface area contributed by atoms with E-state index in [0.717, 1.165) is 10.6 Å². The van der Waals surface area contributed by atoms with Gasteiger partial charge in [-0.25, -0.2) is 0 Å². The van der Waals surface area contributed by atoms with Crippen molar-refractivity contribution in [2.75, 3.05) is 12.4 Å². The van der Waals surface area contributed by atoms with Gasteiger partial charge in [0.2, 0.25) is 0 Å². The van der Waals surface area contributed by atoms with Gasteiger partial charge in [-0.2, -0.15) is 0 Å². The molecule has 0 aliphatic rings. The van der Waals surface area contributed by atoms with E-state index in [-0.39, 0.29) is 5.25 Å². The Hall–Kier alpha value is -0.670. The summed E-state index contributed by atoms with van der Waals surface area (Å²) in [5.74, 6) is 0. The molecule has 2 nitrogen and oxygen atoms in total. The van der Waals surface area contributed by atoms with Crippen molar-refractivity contribution >= 4 is 16.9 Å². The molecule has 1 aromatic rings. The van der Waals surface area contributed by atoms with E-state index in [1.807, 2.05) is 45.2 Å². The molecule has 0 heterocycles. The van der Waals surface area contributed by atoms with E-state index >= 15 is 0 Å². The maximum atomic E-state index is 11.8. The number of hydrogen-bond acceptors (Lipinski definition) is 2. The lowest BCUT2D eigenvalue weighted by molar-refractivity contribution is 0.587. The van der Waals surface area contributed by atoms with Gasteiger partial charge in [0.15, 0.2) is 4.90 Å². The van der Waals surface area contributed by atoms with E-state index < -0.39 is 11.2 Å². The predicted molar refractivity (Wildman–Crippen MR) is 57.5 cm³/mol. The number of nitrogens with one attached hydrogen (secondary N) is 1. The van der Waals surface area contributed by atoms with Crippen LogP contribution in [0.15, 0.2) is 29.2 Å². The first-order valence-corrected chi connectivity index (χ1v) is 5.55. The van der Waals surface area contributed by atoms with Crippen molar-refractivity contribution in [3.05, 3.63) is 24.3 Å². The highest BCUT2D eigenvalue weighted by atomic mass is 32.2. The van der Waals surface area contributed by atoms with Crippen molar-refractivity contribution in [2.24, 2.45) is 0 Å². The Morgan fingerprint density at radius 1 is 1.31 bits per heavy atom. The van der Waals surface area contributed by atoms with Crippen molar-refractivity contribution in [3.8, 4) is 0 Å². The Labute approximate surface area is 82.5 Å². The molecule has 13 heavy (non-hydrogen) atoms. The zero-order valence-electron chi connectivity index (χ0n) is 8.20. The van der Waals surface area contributed by atoms with Crippen LogP contribution in [0.25, 0.3) is 0 Å². The van der Waals surface area contributed by atoms with Crippen LogP contribution in [-0.2, 0) is 11.2 Å². The second-order valence-corrected chi connectivity index (χ2v) is 5.07. The minimum absolute atomic E-state index is 0.162. The van der Waals surface area contributed by atoms with Crippen LogP contribution >= 0.6 is 0 Å². The molecule has 1 unspecified atom stereocenters.